The van der Waals surface area contributed by atoms with Crippen molar-refractivity contribution in [2.75, 3.05) is 0 Å². The molecule has 0 fully saturated rings. The van der Waals surface area contributed by atoms with Crippen LogP contribution >= 0.6 is 0 Å². The van der Waals surface area contributed by atoms with Crippen LogP contribution in [0.4, 0.5) is 0 Å². The normalized spacial score (nSPS) is 11.2. The van der Waals surface area contributed by atoms with E-state index in [1.54, 1.807) is 36.4 Å². The Balaban J connectivity index is 1.87. The summed E-state index contributed by atoms with van der Waals surface area (Å²) >= 11 is 0. The maximum absolute atomic E-state index is 12.4. The molecule has 3 aromatic rings. The fourth-order valence-corrected chi connectivity index (χ4v) is 3.03. The van der Waals surface area contributed by atoms with Gasteiger partial charge < -0.3 is 0 Å². The summed E-state index contributed by atoms with van der Waals surface area (Å²) in [4.78, 5) is 12.1. The molecule has 9 heteroatoms. The van der Waals surface area contributed by atoms with Gasteiger partial charge in [-0.05, 0) is 47.7 Å². The Hall–Kier alpha value is -3.07. The van der Waals surface area contributed by atoms with E-state index in [0.29, 0.717) is 5.69 Å². The summed E-state index contributed by atoms with van der Waals surface area (Å²) in [6, 6.07) is 12.6. The number of nitrogens with one attached hydrogen (secondary N) is 1. The monoisotopic (exact) mass is 343 g/mol. The lowest BCUT2D eigenvalue weighted by Gasteiger charge is -2.08. The zero-order valence-corrected chi connectivity index (χ0v) is 13.4. The molecule has 0 saturated carbocycles. The molecule has 0 saturated heterocycles. The standard InChI is InChI=1S/C15H13N5O3S/c1-11-5-7-12(8-6-11)15(21)17-24(22,23)14-4-2-3-13(9-14)20-10-16-18-19-20/h2-10H,1H3,(H,17,21). The summed E-state index contributed by atoms with van der Waals surface area (Å²) in [5.74, 6) is -0.692. The van der Waals surface area contributed by atoms with E-state index >= 15 is 0 Å². The number of nitrogens with zero attached hydrogens (tertiary/aromatic N) is 4. The largest absolute Gasteiger partial charge is 0.268 e. The number of carbonyl (C=O) groups is 1. The minimum atomic E-state index is -4.01. The van der Waals surface area contributed by atoms with Crippen LogP contribution in [0.15, 0.2) is 59.8 Å². The van der Waals surface area contributed by atoms with E-state index in [9.17, 15) is 13.2 Å². The van der Waals surface area contributed by atoms with Crippen LogP contribution in [0.5, 0.6) is 0 Å². The molecule has 0 aliphatic rings. The minimum absolute atomic E-state index is 0.0593. The molecule has 0 spiro atoms. The average molecular weight is 343 g/mol. The molecule has 1 amide bonds. The molecule has 1 N–H and O–H groups in total. The van der Waals surface area contributed by atoms with E-state index in [1.165, 1.54) is 23.1 Å². The van der Waals surface area contributed by atoms with Gasteiger partial charge in [-0.15, -0.1) is 5.10 Å². The zero-order chi connectivity index (χ0) is 17.2. The highest BCUT2D eigenvalue weighted by Gasteiger charge is 2.19. The van der Waals surface area contributed by atoms with Crippen molar-refractivity contribution in [3.63, 3.8) is 0 Å². The maximum Gasteiger partial charge on any atom is 0.264 e. The van der Waals surface area contributed by atoms with E-state index in [-0.39, 0.29) is 10.5 Å². The molecule has 0 unspecified atom stereocenters. The highest BCUT2D eigenvalue weighted by Crippen LogP contribution is 2.14. The Kier molecular flexibility index (Phi) is 4.09. The van der Waals surface area contributed by atoms with Crippen molar-refractivity contribution < 1.29 is 13.2 Å². The van der Waals surface area contributed by atoms with E-state index in [0.717, 1.165) is 5.56 Å². The molecule has 0 radical (unpaired) electrons. The van der Waals surface area contributed by atoms with Gasteiger partial charge in [0.2, 0.25) is 0 Å². The van der Waals surface area contributed by atoms with Gasteiger partial charge in [-0.25, -0.2) is 17.8 Å². The van der Waals surface area contributed by atoms with Gasteiger partial charge in [0, 0.05) is 5.56 Å². The Labute approximate surface area is 138 Å². The van der Waals surface area contributed by atoms with Gasteiger partial charge in [-0.3, -0.25) is 4.79 Å². The molecule has 0 aliphatic carbocycles. The number of sulfonamides is 1. The predicted octanol–water partition coefficient (Wildman–Crippen LogP) is 1.09. The zero-order valence-electron chi connectivity index (χ0n) is 12.6. The van der Waals surface area contributed by atoms with Gasteiger partial charge in [-0.2, -0.15) is 0 Å². The fraction of sp³-hybridized carbons (Fsp3) is 0.0667. The summed E-state index contributed by atoms with van der Waals surface area (Å²) in [6.45, 7) is 1.88. The molecule has 2 aromatic carbocycles. The third-order valence-corrected chi connectivity index (χ3v) is 4.61. The van der Waals surface area contributed by atoms with Crippen molar-refractivity contribution in [2.45, 2.75) is 11.8 Å². The molecule has 8 nitrogen and oxygen atoms in total. The second-order valence-electron chi connectivity index (χ2n) is 5.05. The highest BCUT2D eigenvalue weighted by molar-refractivity contribution is 7.90. The molecule has 1 aromatic heterocycles. The number of amides is 1. The van der Waals surface area contributed by atoms with E-state index in [4.69, 9.17) is 0 Å². The topological polar surface area (TPSA) is 107 Å². The van der Waals surface area contributed by atoms with Crippen molar-refractivity contribution in [3.8, 4) is 5.69 Å². The first-order valence-corrected chi connectivity index (χ1v) is 8.41. The Morgan fingerprint density at radius 3 is 2.54 bits per heavy atom. The van der Waals surface area contributed by atoms with Gasteiger partial charge in [0.15, 0.2) is 0 Å². The van der Waals surface area contributed by atoms with E-state index in [1.807, 2.05) is 6.92 Å². The Morgan fingerprint density at radius 2 is 1.88 bits per heavy atom. The number of tetrazole rings is 1. The number of benzene rings is 2. The maximum atomic E-state index is 12.4. The Morgan fingerprint density at radius 1 is 1.12 bits per heavy atom. The molecule has 122 valence electrons. The van der Waals surface area contributed by atoms with Crippen molar-refractivity contribution in [1.82, 2.24) is 24.9 Å². The summed E-state index contributed by atoms with van der Waals surface area (Å²) in [5.41, 5.74) is 1.70. The lowest BCUT2D eigenvalue weighted by molar-refractivity contribution is 0.0981. The van der Waals surface area contributed by atoms with Crippen molar-refractivity contribution in [2.24, 2.45) is 0 Å². The molecule has 1 heterocycles. The number of aromatic nitrogens is 4. The molecule has 24 heavy (non-hydrogen) atoms. The SMILES string of the molecule is Cc1ccc(C(=O)NS(=O)(=O)c2cccc(-n3cnnn3)c2)cc1. The smallest absolute Gasteiger partial charge is 0.264 e. The van der Waals surface area contributed by atoms with Crippen LogP contribution in [0.25, 0.3) is 5.69 Å². The highest BCUT2D eigenvalue weighted by atomic mass is 32.2. The van der Waals surface area contributed by atoms with Gasteiger partial charge in [0.05, 0.1) is 10.6 Å². The summed E-state index contributed by atoms with van der Waals surface area (Å²) in [6.07, 6.45) is 1.34. The van der Waals surface area contributed by atoms with E-state index in [2.05, 4.69) is 20.2 Å². The van der Waals surface area contributed by atoms with Crippen molar-refractivity contribution in [1.29, 1.82) is 0 Å². The van der Waals surface area contributed by atoms with Crippen LogP contribution in [0, 0.1) is 6.92 Å². The Bertz CT molecular complexity index is 967. The molecular weight excluding hydrogens is 330 g/mol. The third-order valence-electron chi connectivity index (χ3n) is 3.28. The first-order chi connectivity index (χ1) is 11.5. The first kappa shape index (κ1) is 15.8. The van der Waals surface area contributed by atoms with Crippen LogP contribution in [-0.4, -0.2) is 34.5 Å². The fourth-order valence-electron chi connectivity index (χ4n) is 2.02. The van der Waals surface area contributed by atoms with Gasteiger partial charge in [0.25, 0.3) is 15.9 Å². The number of rotatable bonds is 4. The second kappa shape index (κ2) is 6.20. The van der Waals surface area contributed by atoms with Crippen LogP contribution in [0.2, 0.25) is 0 Å². The number of aryl methyl sites for hydroxylation is 1. The van der Waals surface area contributed by atoms with Gasteiger partial charge in [-0.1, -0.05) is 23.8 Å². The molecule has 3 rings (SSSR count). The van der Waals surface area contributed by atoms with Crippen molar-refractivity contribution >= 4 is 15.9 Å². The lowest BCUT2D eigenvalue weighted by atomic mass is 10.1. The molecule has 0 bridgehead atoms. The molecular formula is C15H13N5O3S. The van der Waals surface area contributed by atoms with Crippen LogP contribution in [-0.2, 0) is 10.0 Å². The van der Waals surface area contributed by atoms with Gasteiger partial charge in [0.1, 0.15) is 6.33 Å². The molecule has 0 atom stereocenters. The van der Waals surface area contributed by atoms with E-state index < -0.39 is 15.9 Å². The summed E-state index contributed by atoms with van der Waals surface area (Å²) in [7, 11) is -4.01. The first-order valence-electron chi connectivity index (χ1n) is 6.93. The lowest BCUT2D eigenvalue weighted by Crippen LogP contribution is -2.30. The second-order valence-corrected chi connectivity index (χ2v) is 6.73. The van der Waals surface area contributed by atoms with Crippen LogP contribution in [0.3, 0.4) is 0 Å². The predicted molar refractivity (Wildman–Crippen MR) is 85.0 cm³/mol. The van der Waals surface area contributed by atoms with Gasteiger partial charge >= 0.3 is 0 Å². The van der Waals surface area contributed by atoms with Crippen LogP contribution in [0.1, 0.15) is 15.9 Å². The molecule has 0 aliphatic heterocycles. The summed E-state index contributed by atoms with van der Waals surface area (Å²) in [5, 5.41) is 10.7. The minimum Gasteiger partial charge on any atom is -0.268 e. The summed E-state index contributed by atoms with van der Waals surface area (Å²) < 4.78 is 28.2. The number of hydrogen-bond acceptors (Lipinski definition) is 6. The third kappa shape index (κ3) is 3.30. The average Bonchev–Trinajstić information content (AvgIpc) is 3.10. The van der Waals surface area contributed by atoms with Crippen LogP contribution < -0.4 is 4.72 Å². The number of hydrogen-bond donors (Lipinski definition) is 1. The van der Waals surface area contributed by atoms with Crippen molar-refractivity contribution in [3.05, 3.63) is 66.0 Å². The quantitative estimate of drug-likeness (QED) is 0.760. The number of carbonyl (C=O) groups excluding carboxylic acids is 1.